The fraction of sp³-hybridized carbons (Fsp3) is 0.229. The van der Waals surface area contributed by atoms with Gasteiger partial charge in [-0.15, -0.1) is 4.68 Å². The lowest BCUT2D eigenvalue weighted by atomic mass is 9.94. The molecule has 2 aromatic heterocycles. The summed E-state index contributed by atoms with van der Waals surface area (Å²) in [5, 5.41) is 7.79. The second-order valence-electron chi connectivity index (χ2n) is 11.6. The van der Waals surface area contributed by atoms with Crippen molar-refractivity contribution in [3.63, 3.8) is 0 Å². The lowest BCUT2D eigenvalue weighted by Crippen LogP contribution is -2.73. The Morgan fingerprint density at radius 1 is 0.692 bits per heavy atom. The van der Waals surface area contributed by atoms with E-state index in [2.05, 4.69) is 142 Å². The Bertz CT molecular complexity index is 1860. The van der Waals surface area contributed by atoms with Gasteiger partial charge in [-0.25, -0.2) is 0 Å². The fourth-order valence-electron chi connectivity index (χ4n) is 7.09. The van der Waals surface area contributed by atoms with Crippen LogP contribution in [0.4, 0.5) is 0 Å². The van der Waals surface area contributed by atoms with Crippen LogP contribution in [0, 0.1) is 13.8 Å². The molecule has 0 unspecified atom stereocenters. The van der Waals surface area contributed by atoms with Crippen LogP contribution in [0.25, 0.3) is 27.2 Å². The van der Waals surface area contributed by atoms with Gasteiger partial charge in [0.05, 0.1) is 27.7 Å². The number of rotatable bonds is 4. The summed E-state index contributed by atoms with van der Waals surface area (Å²) in [5.74, 6) is 1.40. The molecule has 0 aliphatic carbocycles. The molecule has 0 saturated heterocycles. The largest absolute Gasteiger partial charge is 0.529 e. The number of nitrogens with zero attached hydrogens (tertiary/aromatic N) is 2. The van der Waals surface area contributed by atoms with Gasteiger partial charge in [-0.05, 0) is 61.7 Å². The van der Waals surface area contributed by atoms with Crippen molar-refractivity contribution in [1.82, 2.24) is 4.68 Å². The van der Waals surface area contributed by atoms with Crippen LogP contribution in [0.5, 0.6) is 5.75 Å². The Balaban J connectivity index is 1.84. The predicted molar refractivity (Wildman–Crippen MR) is 165 cm³/mol. The zero-order valence-electron chi connectivity index (χ0n) is 23.6. The summed E-state index contributed by atoms with van der Waals surface area (Å²) in [6.45, 7) is 13.8. The second kappa shape index (κ2) is 8.55. The minimum absolute atomic E-state index is 0.275. The van der Waals surface area contributed by atoms with E-state index in [1.807, 2.05) is 0 Å². The van der Waals surface area contributed by atoms with E-state index >= 15 is 0 Å². The standard InChI is InChI=1S/C35H35N2OSi/c1-22(2)28-18-13-19-29-31-24(5)20-21-30-32(31)34-35(25(6)36(23(3)4)37(34)33(28)29)39(38-30,26-14-9-7-10-15-26)27-16-11-8-12-17-27/h7-23H,1-6H3/q+1. The molecule has 0 fully saturated rings. The van der Waals surface area contributed by atoms with Crippen molar-refractivity contribution in [2.45, 2.75) is 53.5 Å². The third kappa shape index (κ3) is 3.12. The van der Waals surface area contributed by atoms with Crippen molar-refractivity contribution >= 4 is 51.1 Å². The van der Waals surface area contributed by atoms with Gasteiger partial charge in [0.1, 0.15) is 5.75 Å². The van der Waals surface area contributed by atoms with E-state index in [0.29, 0.717) is 5.92 Å². The molecular formula is C35H35N2OSi+. The molecule has 6 aromatic rings. The van der Waals surface area contributed by atoms with E-state index < -0.39 is 8.32 Å². The van der Waals surface area contributed by atoms with Crippen molar-refractivity contribution in [2.24, 2.45) is 0 Å². The monoisotopic (exact) mass is 527 g/mol. The number of benzene rings is 4. The summed E-state index contributed by atoms with van der Waals surface area (Å²) in [4.78, 5) is 0. The lowest BCUT2D eigenvalue weighted by Gasteiger charge is -2.35. The summed E-state index contributed by atoms with van der Waals surface area (Å²) in [5.41, 5.74) is 6.61. The van der Waals surface area contributed by atoms with E-state index in [-0.39, 0.29) is 6.04 Å². The molecule has 3 heterocycles. The van der Waals surface area contributed by atoms with E-state index in [0.717, 1.165) is 5.75 Å². The SMILES string of the molecule is Cc1ccc2c3c1c1cccc(C(C)C)c1[n+]1c3c(c(C)n1C(C)C)[Si](c1ccccc1)(c1ccccc1)O2. The first-order valence-electron chi connectivity index (χ1n) is 14.1. The van der Waals surface area contributed by atoms with Gasteiger partial charge in [0.25, 0.3) is 5.52 Å². The number of hydrogen-bond acceptors (Lipinski definition) is 1. The van der Waals surface area contributed by atoms with Crippen LogP contribution in [0.1, 0.15) is 56.5 Å². The maximum absolute atomic E-state index is 7.52. The highest BCUT2D eigenvalue weighted by atomic mass is 28.4. The van der Waals surface area contributed by atoms with Crippen LogP contribution in [0.2, 0.25) is 0 Å². The molecule has 4 aromatic carbocycles. The highest BCUT2D eigenvalue weighted by molar-refractivity contribution is 7.09. The molecular weight excluding hydrogens is 492 g/mol. The minimum Gasteiger partial charge on any atom is -0.529 e. The summed E-state index contributed by atoms with van der Waals surface area (Å²) < 4.78 is 12.6. The van der Waals surface area contributed by atoms with Crippen LogP contribution >= 0.6 is 0 Å². The van der Waals surface area contributed by atoms with Gasteiger partial charge < -0.3 is 4.43 Å². The van der Waals surface area contributed by atoms with Gasteiger partial charge >= 0.3 is 8.32 Å². The average molecular weight is 528 g/mol. The number of hydrogen-bond donors (Lipinski definition) is 0. The van der Waals surface area contributed by atoms with Gasteiger partial charge in [0.15, 0.2) is 0 Å². The molecule has 7 rings (SSSR count). The van der Waals surface area contributed by atoms with Crippen molar-refractivity contribution in [3.8, 4) is 5.75 Å². The molecule has 0 N–H and O–H groups in total. The molecule has 0 bridgehead atoms. The number of aryl methyl sites for hydroxylation is 1. The molecule has 0 amide bonds. The van der Waals surface area contributed by atoms with Gasteiger partial charge in [0.2, 0.25) is 5.52 Å². The number of pyridine rings is 1. The number of fused-ring (bicyclic) bond motifs is 3. The molecule has 0 saturated carbocycles. The topological polar surface area (TPSA) is 18.3 Å². The summed E-state index contributed by atoms with van der Waals surface area (Å²) >= 11 is 0. The van der Waals surface area contributed by atoms with E-state index in [9.17, 15) is 0 Å². The molecule has 194 valence electrons. The highest BCUT2D eigenvalue weighted by Crippen LogP contribution is 2.41. The molecule has 0 atom stereocenters. The molecule has 3 nitrogen and oxygen atoms in total. The van der Waals surface area contributed by atoms with Crippen molar-refractivity contribution in [2.75, 3.05) is 0 Å². The smallest absolute Gasteiger partial charge is 0.355 e. The average Bonchev–Trinajstić information content (AvgIpc) is 3.27. The third-order valence-corrected chi connectivity index (χ3v) is 12.7. The van der Waals surface area contributed by atoms with Crippen molar-refractivity contribution < 1.29 is 8.94 Å². The fourth-order valence-corrected chi connectivity index (χ4v) is 11.4. The first kappa shape index (κ1) is 24.2. The molecule has 1 aliphatic rings. The van der Waals surface area contributed by atoms with Gasteiger partial charge in [-0.1, -0.05) is 97.2 Å². The Morgan fingerprint density at radius 3 is 1.92 bits per heavy atom. The Hall–Kier alpha value is -3.89. The highest BCUT2D eigenvalue weighted by Gasteiger charge is 2.54. The summed E-state index contributed by atoms with van der Waals surface area (Å²) in [7, 11) is -2.92. The number of aromatic nitrogens is 2. The maximum atomic E-state index is 7.52. The van der Waals surface area contributed by atoms with Gasteiger partial charge in [-0.3, -0.25) is 0 Å². The molecule has 0 radical (unpaired) electrons. The molecule has 4 heteroatoms. The summed E-state index contributed by atoms with van der Waals surface area (Å²) in [6.07, 6.45) is 0. The van der Waals surface area contributed by atoms with Gasteiger partial charge in [0, 0.05) is 10.9 Å². The Kier molecular flexibility index (Phi) is 5.30. The first-order valence-corrected chi connectivity index (χ1v) is 16.0. The lowest BCUT2D eigenvalue weighted by molar-refractivity contribution is -0.586. The van der Waals surface area contributed by atoms with Crippen LogP contribution < -0.4 is 24.5 Å². The molecule has 0 spiro atoms. The second-order valence-corrected chi connectivity index (χ2v) is 14.8. The third-order valence-electron chi connectivity index (χ3n) is 8.62. The van der Waals surface area contributed by atoms with Crippen LogP contribution in [0.15, 0.2) is 91.0 Å². The minimum atomic E-state index is -2.92. The molecule has 1 aliphatic heterocycles. The van der Waals surface area contributed by atoms with Gasteiger partial charge in [-0.2, -0.15) is 0 Å². The van der Waals surface area contributed by atoms with Crippen LogP contribution in [-0.4, -0.2) is 13.0 Å². The normalized spacial score (nSPS) is 14.3. The molecule has 39 heavy (non-hydrogen) atoms. The Morgan fingerprint density at radius 2 is 1.33 bits per heavy atom. The van der Waals surface area contributed by atoms with Crippen LogP contribution in [-0.2, 0) is 0 Å². The van der Waals surface area contributed by atoms with E-state index in [1.165, 1.54) is 59.6 Å². The van der Waals surface area contributed by atoms with Crippen molar-refractivity contribution in [3.05, 3.63) is 108 Å². The van der Waals surface area contributed by atoms with Crippen LogP contribution in [0.3, 0.4) is 0 Å². The summed E-state index contributed by atoms with van der Waals surface area (Å²) in [6, 6.07) is 33.6. The Labute approximate surface area is 231 Å². The first-order chi connectivity index (χ1) is 18.9. The van der Waals surface area contributed by atoms with E-state index in [1.54, 1.807) is 0 Å². The quantitative estimate of drug-likeness (QED) is 0.151. The maximum Gasteiger partial charge on any atom is 0.355 e. The van der Waals surface area contributed by atoms with Crippen molar-refractivity contribution in [1.29, 1.82) is 0 Å². The predicted octanol–water partition coefficient (Wildman–Crippen LogP) is 6.21. The number of para-hydroxylation sites is 1. The zero-order chi connectivity index (χ0) is 27.1. The van der Waals surface area contributed by atoms with E-state index in [4.69, 9.17) is 4.43 Å². The zero-order valence-corrected chi connectivity index (χ0v) is 24.6.